The Morgan fingerprint density at radius 3 is 2.44 bits per heavy atom. The van der Waals surface area contributed by atoms with Crippen molar-refractivity contribution >= 4 is 17.7 Å². The van der Waals surface area contributed by atoms with Crippen LogP contribution in [-0.2, 0) is 0 Å². The van der Waals surface area contributed by atoms with E-state index in [0.717, 1.165) is 17.1 Å². The highest BCUT2D eigenvalue weighted by molar-refractivity contribution is 5.81. The van der Waals surface area contributed by atoms with Gasteiger partial charge in [0.25, 0.3) is 0 Å². The fraction of sp³-hybridized carbons (Fsp3) is 0.154. The van der Waals surface area contributed by atoms with Crippen molar-refractivity contribution in [3.05, 3.63) is 49.3 Å². The fourth-order valence-electron chi connectivity index (χ4n) is 1.31. The van der Waals surface area contributed by atoms with Crippen LogP contribution >= 0.6 is 0 Å². The molecule has 16 heavy (non-hydrogen) atoms. The SMILES string of the molecule is C=CN(C=NC)c1ccc(NC(=C)C)cc1. The first kappa shape index (κ1) is 12.0. The van der Waals surface area contributed by atoms with Crippen LogP contribution in [0.25, 0.3) is 0 Å². The normalized spacial score (nSPS) is 10.1. The molecule has 0 saturated carbocycles. The van der Waals surface area contributed by atoms with Gasteiger partial charge in [-0.25, -0.2) is 0 Å². The minimum atomic E-state index is 0.920. The minimum absolute atomic E-state index is 0.920. The molecule has 0 aliphatic rings. The standard InChI is InChI=1S/C13H17N3/c1-5-16(10-14-4)13-8-6-12(7-9-13)15-11(2)3/h5-10,15H,1-2H2,3-4H3. The fourth-order valence-corrected chi connectivity index (χ4v) is 1.31. The lowest BCUT2D eigenvalue weighted by atomic mass is 10.2. The second kappa shape index (κ2) is 5.75. The van der Waals surface area contributed by atoms with Gasteiger partial charge in [0, 0.05) is 30.3 Å². The molecule has 0 radical (unpaired) electrons. The molecule has 1 aromatic rings. The van der Waals surface area contributed by atoms with E-state index in [1.807, 2.05) is 36.1 Å². The van der Waals surface area contributed by atoms with Crippen molar-refractivity contribution in [3.63, 3.8) is 0 Å². The summed E-state index contributed by atoms with van der Waals surface area (Å²) in [6.07, 6.45) is 3.43. The minimum Gasteiger partial charge on any atom is -0.360 e. The summed E-state index contributed by atoms with van der Waals surface area (Å²) in [7, 11) is 1.73. The van der Waals surface area contributed by atoms with Gasteiger partial charge in [-0.15, -0.1) is 0 Å². The highest BCUT2D eigenvalue weighted by atomic mass is 15.1. The average Bonchev–Trinajstić information content (AvgIpc) is 2.26. The third-order valence-electron chi connectivity index (χ3n) is 1.96. The molecule has 0 aromatic heterocycles. The Labute approximate surface area is 96.8 Å². The topological polar surface area (TPSA) is 27.6 Å². The van der Waals surface area contributed by atoms with Gasteiger partial charge in [-0.05, 0) is 31.2 Å². The van der Waals surface area contributed by atoms with E-state index in [-0.39, 0.29) is 0 Å². The number of rotatable bonds is 5. The van der Waals surface area contributed by atoms with Gasteiger partial charge < -0.3 is 10.2 Å². The van der Waals surface area contributed by atoms with Gasteiger partial charge in [-0.2, -0.15) is 0 Å². The Balaban J connectivity index is 2.84. The van der Waals surface area contributed by atoms with E-state index >= 15 is 0 Å². The van der Waals surface area contributed by atoms with Crippen LogP contribution in [0.5, 0.6) is 0 Å². The highest BCUT2D eigenvalue weighted by Gasteiger charge is 1.99. The van der Waals surface area contributed by atoms with E-state index < -0.39 is 0 Å². The summed E-state index contributed by atoms with van der Waals surface area (Å²) in [5, 5.41) is 3.15. The van der Waals surface area contributed by atoms with Crippen LogP contribution in [0, 0.1) is 0 Å². The molecule has 1 rings (SSSR count). The van der Waals surface area contributed by atoms with E-state index in [2.05, 4.69) is 23.5 Å². The van der Waals surface area contributed by atoms with Crippen molar-refractivity contribution in [2.24, 2.45) is 4.99 Å². The molecule has 84 valence electrons. The van der Waals surface area contributed by atoms with Crippen LogP contribution in [0.15, 0.2) is 54.3 Å². The van der Waals surface area contributed by atoms with Crippen LogP contribution in [0.2, 0.25) is 0 Å². The summed E-state index contributed by atoms with van der Waals surface area (Å²) in [4.78, 5) is 5.81. The largest absolute Gasteiger partial charge is 0.360 e. The summed E-state index contributed by atoms with van der Waals surface area (Å²) in [5.41, 5.74) is 2.96. The van der Waals surface area contributed by atoms with Crippen molar-refractivity contribution in [1.29, 1.82) is 0 Å². The number of nitrogens with zero attached hydrogens (tertiary/aromatic N) is 2. The van der Waals surface area contributed by atoms with Crippen LogP contribution in [0.1, 0.15) is 6.92 Å². The van der Waals surface area contributed by atoms with E-state index in [4.69, 9.17) is 0 Å². The summed E-state index contributed by atoms with van der Waals surface area (Å²) < 4.78 is 0. The Kier molecular flexibility index (Phi) is 4.33. The number of benzene rings is 1. The van der Waals surface area contributed by atoms with Gasteiger partial charge >= 0.3 is 0 Å². The number of hydrogen-bond donors (Lipinski definition) is 1. The maximum absolute atomic E-state index is 3.95. The first-order valence-corrected chi connectivity index (χ1v) is 5.03. The number of allylic oxidation sites excluding steroid dienone is 1. The lowest BCUT2D eigenvalue weighted by Gasteiger charge is -2.14. The molecular weight excluding hydrogens is 198 g/mol. The van der Waals surface area contributed by atoms with Crippen molar-refractivity contribution in [3.8, 4) is 0 Å². The van der Waals surface area contributed by atoms with Gasteiger partial charge in [0.05, 0.1) is 6.34 Å². The monoisotopic (exact) mass is 215 g/mol. The Bertz CT molecular complexity index is 390. The van der Waals surface area contributed by atoms with Crippen LogP contribution in [0.4, 0.5) is 11.4 Å². The number of nitrogens with one attached hydrogen (secondary N) is 1. The lowest BCUT2D eigenvalue weighted by Crippen LogP contribution is -2.12. The third kappa shape index (κ3) is 3.28. The smallest absolute Gasteiger partial charge is 0.0931 e. The quantitative estimate of drug-likeness (QED) is 0.603. The molecule has 1 aromatic carbocycles. The third-order valence-corrected chi connectivity index (χ3v) is 1.96. The van der Waals surface area contributed by atoms with Crippen molar-refractivity contribution in [2.75, 3.05) is 17.3 Å². The molecule has 0 heterocycles. The van der Waals surface area contributed by atoms with Gasteiger partial charge in [0.15, 0.2) is 0 Å². The second-order valence-electron chi connectivity index (χ2n) is 3.42. The molecule has 0 aliphatic carbocycles. The molecule has 0 amide bonds. The Morgan fingerprint density at radius 2 is 2.00 bits per heavy atom. The van der Waals surface area contributed by atoms with Crippen LogP contribution < -0.4 is 10.2 Å². The summed E-state index contributed by atoms with van der Waals surface area (Å²) >= 11 is 0. The molecule has 0 saturated heterocycles. The predicted molar refractivity (Wildman–Crippen MR) is 72.0 cm³/mol. The average molecular weight is 215 g/mol. The summed E-state index contributed by atoms with van der Waals surface area (Å²) in [6, 6.07) is 7.97. The number of anilines is 2. The summed E-state index contributed by atoms with van der Waals surface area (Å²) in [6.45, 7) is 9.45. The van der Waals surface area contributed by atoms with E-state index in [9.17, 15) is 0 Å². The van der Waals surface area contributed by atoms with Gasteiger partial charge in [-0.1, -0.05) is 13.2 Å². The zero-order valence-electron chi connectivity index (χ0n) is 9.77. The first-order valence-electron chi connectivity index (χ1n) is 5.03. The molecule has 0 spiro atoms. The molecule has 0 fully saturated rings. The Morgan fingerprint density at radius 1 is 1.38 bits per heavy atom. The molecule has 3 nitrogen and oxygen atoms in total. The highest BCUT2D eigenvalue weighted by Crippen LogP contribution is 2.17. The van der Waals surface area contributed by atoms with Gasteiger partial charge in [0.1, 0.15) is 0 Å². The van der Waals surface area contributed by atoms with Gasteiger partial charge in [0.2, 0.25) is 0 Å². The maximum atomic E-state index is 3.95. The Hall–Kier alpha value is -2.03. The number of hydrogen-bond acceptors (Lipinski definition) is 2. The number of aliphatic imine (C=N–C) groups is 1. The second-order valence-corrected chi connectivity index (χ2v) is 3.42. The van der Waals surface area contributed by atoms with Crippen LogP contribution in [-0.4, -0.2) is 13.4 Å². The lowest BCUT2D eigenvalue weighted by molar-refractivity contribution is 1.33. The van der Waals surface area contributed by atoms with Crippen molar-refractivity contribution in [1.82, 2.24) is 0 Å². The van der Waals surface area contributed by atoms with E-state index in [1.54, 1.807) is 19.6 Å². The molecular formula is C13H17N3. The molecule has 1 N–H and O–H groups in total. The van der Waals surface area contributed by atoms with Gasteiger partial charge in [-0.3, -0.25) is 4.99 Å². The molecule has 0 aliphatic heterocycles. The molecule has 0 atom stereocenters. The summed E-state index contributed by atoms with van der Waals surface area (Å²) in [5.74, 6) is 0. The van der Waals surface area contributed by atoms with Crippen molar-refractivity contribution in [2.45, 2.75) is 6.92 Å². The zero-order valence-corrected chi connectivity index (χ0v) is 9.77. The maximum Gasteiger partial charge on any atom is 0.0931 e. The predicted octanol–water partition coefficient (Wildman–Crippen LogP) is 3.24. The zero-order chi connectivity index (χ0) is 12.0. The molecule has 3 heteroatoms. The van der Waals surface area contributed by atoms with Crippen molar-refractivity contribution < 1.29 is 0 Å². The first-order chi connectivity index (χ1) is 7.67. The van der Waals surface area contributed by atoms with Crippen LogP contribution in [0.3, 0.4) is 0 Å². The molecule has 0 bridgehead atoms. The van der Waals surface area contributed by atoms with E-state index in [0.29, 0.717) is 0 Å². The van der Waals surface area contributed by atoms with E-state index in [1.165, 1.54) is 0 Å². The molecule has 0 unspecified atom stereocenters.